The predicted octanol–water partition coefficient (Wildman–Crippen LogP) is 1.18. The van der Waals surface area contributed by atoms with Gasteiger partial charge in [-0.15, -0.1) is 0 Å². The molecule has 1 aromatic rings. The molecule has 19 heavy (non-hydrogen) atoms. The van der Waals surface area contributed by atoms with E-state index in [-0.39, 0.29) is 0 Å². The van der Waals surface area contributed by atoms with Crippen molar-refractivity contribution in [3.63, 3.8) is 0 Å². The lowest BCUT2D eigenvalue weighted by Crippen LogP contribution is -2.44. The highest BCUT2D eigenvalue weighted by atomic mass is 15.2. The fourth-order valence-corrected chi connectivity index (χ4v) is 2.62. The first-order chi connectivity index (χ1) is 9.33. The van der Waals surface area contributed by atoms with Crippen molar-refractivity contribution >= 4 is 11.5 Å². The molecule has 2 aliphatic heterocycles. The molecule has 1 saturated heterocycles. The van der Waals surface area contributed by atoms with Crippen LogP contribution in [0, 0.1) is 0 Å². The van der Waals surface area contributed by atoms with E-state index >= 15 is 0 Å². The molecule has 3 rings (SSSR count). The quantitative estimate of drug-likeness (QED) is 0.864. The molecule has 0 spiro atoms. The van der Waals surface area contributed by atoms with Gasteiger partial charge in [0.25, 0.3) is 0 Å². The fourth-order valence-electron chi connectivity index (χ4n) is 2.62. The van der Waals surface area contributed by atoms with Crippen LogP contribution >= 0.6 is 0 Å². The van der Waals surface area contributed by atoms with Crippen molar-refractivity contribution in [1.82, 2.24) is 10.2 Å². The Bertz CT molecular complexity index is 444. The minimum Gasteiger partial charge on any atom is -0.370 e. The van der Waals surface area contributed by atoms with Crippen LogP contribution in [0.4, 0.5) is 5.69 Å². The summed E-state index contributed by atoms with van der Waals surface area (Å²) in [6, 6.07) is 8.81. The standard InChI is InChI=1S/C15H22N4/c1-18-9-11-19(12-10-18)14-5-3-13(4-6-14)15-16-7-2-8-17-15/h3-6H,2,7-12H2,1H3,(H,16,17). The number of benzene rings is 1. The number of piperazine rings is 1. The van der Waals surface area contributed by atoms with Crippen LogP contribution in [0.25, 0.3) is 0 Å². The van der Waals surface area contributed by atoms with E-state index in [0.717, 1.165) is 51.5 Å². The van der Waals surface area contributed by atoms with Crippen molar-refractivity contribution in [2.45, 2.75) is 6.42 Å². The van der Waals surface area contributed by atoms with Crippen molar-refractivity contribution in [3.8, 4) is 0 Å². The first-order valence-corrected chi connectivity index (χ1v) is 7.15. The average molecular weight is 258 g/mol. The SMILES string of the molecule is CN1CCN(c2ccc(C3=NCCCN3)cc2)CC1. The second kappa shape index (κ2) is 5.61. The van der Waals surface area contributed by atoms with Crippen LogP contribution in [0.5, 0.6) is 0 Å². The Kier molecular flexibility index (Phi) is 3.69. The van der Waals surface area contributed by atoms with Crippen LogP contribution in [0.3, 0.4) is 0 Å². The highest BCUT2D eigenvalue weighted by Gasteiger charge is 2.14. The summed E-state index contributed by atoms with van der Waals surface area (Å²) in [5, 5.41) is 3.37. The molecule has 0 bridgehead atoms. The van der Waals surface area contributed by atoms with E-state index in [1.54, 1.807) is 0 Å². The van der Waals surface area contributed by atoms with Crippen LogP contribution in [-0.2, 0) is 0 Å². The molecule has 0 radical (unpaired) electrons. The van der Waals surface area contributed by atoms with E-state index in [2.05, 4.69) is 51.4 Å². The Morgan fingerprint density at radius 1 is 1.05 bits per heavy atom. The molecule has 1 N–H and O–H groups in total. The Morgan fingerprint density at radius 3 is 2.42 bits per heavy atom. The zero-order valence-corrected chi connectivity index (χ0v) is 11.6. The first kappa shape index (κ1) is 12.5. The summed E-state index contributed by atoms with van der Waals surface area (Å²) in [5.41, 5.74) is 2.53. The smallest absolute Gasteiger partial charge is 0.128 e. The lowest BCUT2D eigenvalue weighted by atomic mass is 10.1. The van der Waals surface area contributed by atoms with Crippen LogP contribution in [0.15, 0.2) is 29.3 Å². The van der Waals surface area contributed by atoms with Crippen molar-refractivity contribution in [3.05, 3.63) is 29.8 Å². The van der Waals surface area contributed by atoms with Gasteiger partial charge in [0.15, 0.2) is 0 Å². The maximum absolute atomic E-state index is 4.54. The molecule has 4 nitrogen and oxygen atoms in total. The number of nitrogens with one attached hydrogen (secondary N) is 1. The number of likely N-dealkylation sites (N-methyl/N-ethyl adjacent to an activating group) is 1. The van der Waals surface area contributed by atoms with Gasteiger partial charge in [-0.25, -0.2) is 0 Å². The number of hydrogen-bond acceptors (Lipinski definition) is 4. The fraction of sp³-hybridized carbons (Fsp3) is 0.533. The van der Waals surface area contributed by atoms with Crippen LogP contribution in [0.2, 0.25) is 0 Å². The summed E-state index contributed by atoms with van der Waals surface area (Å²) >= 11 is 0. The van der Waals surface area contributed by atoms with Gasteiger partial charge in [-0.1, -0.05) is 0 Å². The molecule has 0 unspecified atom stereocenters. The number of anilines is 1. The van der Waals surface area contributed by atoms with Crippen molar-refractivity contribution in [2.75, 3.05) is 51.2 Å². The molecular weight excluding hydrogens is 236 g/mol. The molecule has 0 aromatic heterocycles. The normalized spacial score (nSPS) is 20.9. The summed E-state index contributed by atoms with van der Waals surface area (Å²) in [5.74, 6) is 1.05. The second-order valence-electron chi connectivity index (χ2n) is 5.35. The van der Waals surface area contributed by atoms with Crippen molar-refractivity contribution < 1.29 is 0 Å². The molecule has 0 saturated carbocycles. The molecule has 0 aliphatic carbocycles. The van der Waals surface area contributed by atoms with E-state index in [1.165, 1.54) is 11.3 Å². The van der Waals surface area contributed by atoms with E-state index < -0.39 is 0 Å². The molecular formula is C15H22N4. The number of hydrogen-bond donors (Lipinski definition) is 1. The van der Waals surface area contributed by atoms with E-state index in [9.17, 15) is 0 Å². The van der Waals surface area contributed by atoms with E-state index in [0.29, 0.717) is 0 Å². The highest BCUT2D eigenvalue weighted by molar-refractivity contribution is 5.99. The van der Waals surface area contributed by atoms with Crippen LogP contribution in [0.1, 0.15) is 12.0 Å². The molecule has 0 atom stereocenters. The van der Waals surface area contributed by atoms with Gasteiger partial charge >= 0.3 is 0 Å². The van der Waals surface area contributed by atoms with Crippen LogP contribution < -0.4 is 10.2 Å². The largest absolute Gasteiger partial charge is 0.370 e. The lowest BCUT2D eigenvalue weighted by Gasteiger charge is -2.34. The highest BCUT2D eigenvalue weighted by Crippen LogP contribution is 2.17. The zero-order chi connectivity index (χ0) is 13.1. The Hall–Kier alpha value is -1.55. The minimum absolute atomic E-state index is 0.947. The predicted molar refractivity (Wildman–Crippen MR) is 80.2 cm³/mol. The maximum Gasteiger partial charge on any atom is 0.128 e. The monoisotopic (exact) mass is 258 g/mol. The molecule has 1 aromatic carbocycles. The second-order valence-corrected chi connectivity index (χ2v) is 5.35. The topological polar surface area (TPSA) is 30.9 Å². The Balaban J connectivity index is 1.70. The summed E-state index contributed by atoms with van der Waals surface area (Å²) in [4.78, 5) is 9.38. The summed E-state index contributed by atoms with van der Waals surface area (Å²) in [6.07, 6.45) is 1.14. The third-order valence-corrected chi connectivity index (χ3v) is 3.91. The summed E-state index contributed by atoms with van der Waals surface area (Å²) in [7, 11) is 2.19. The molecule has 0 amide bonds. The number of nitrogens with zero attached hydrogens (tertiary/aromatic N) is 3. The van der Waals surface area contributed by atoms with Gasteiger partial charge in [-0.2, -0.15) is 0 Å². The molecule has 102 valence electrons. The molecule has 1 fully saturated rings. The molecule has 4 heteroatoms. The van der Waals surface area contributed by atoms with Gasteiger partial charge in [0.2, 0.25) is 0 Å². The van der Waals surface area contributed by atoms with Crippen molar-refractivity contribution in [1.29, 1.82) is 0 Å². The first-order valence-electron chi connectivity index (χ1n) is 7.15. The van der Waals surface area contributed by atoms with Gasteiger partial charge in [0.1, 0.15) is 5.84 Å². The molecule has 2 heterocycles. The summed E-state index contributed by atoms with van der Waals surface area (Å²) < 4.78 is 0. The number of rotatable bonds is 2. The Labute approximate surface area is 115 Å². The van der Waals surface area contributed by atoms with Gasteiger partial charge < -0.3 is 15.1 Å². The number of aliphatic imine (C=N–C) groups is 1. The van der Waals surface area contributed by atoms with Crippen molar-refractivity contribution in [2.24, 2.45) is 4.99 Å². The van der Waals surface area contributed by atoms with E-state index in [1.807, 2.05) is 0 Å². The van der Waals surface area contributed by atoms with Gasteiger partial charge in [0.05, 0.1) is 0 Å². The van der Waals surface area contributed by atoms with E-state index in [4.69, 9.17) is 0 Å². The van der Waals surface area contributed by atoms with Gasteiger partial charge in [0, 0.05) is 50.5 Å². The average Bonchev–Trinajstić information content (AvgIpc) is 2.49. The van der Waals surface area contributed by atoms with Crippen LogP contribution in [-0.4, -0.2) is 57.1 Å². The summed E-state index contributed by atoms with van der Waals surface area (Å²) in [6.45, 7) is 6.53. The van der Waals surface area contributed by atoms with Gasteiger partial charge in [-0.3, -0.25) is 4.99 Å². The lowest BCUT2D eigenvalue weighted by molar-refractivity contribution is 0.313. The Morgan fingerprint density at radius 2 is 1.79 bits per heavy atom. The molecule has 2 aliphatic rings. The third kappa shape index (κ3) is 2.89. The minimum atomic E-state index is 0.947. The maximum atomic E-state index is 4.54. The third-order valence-electron chi connectivity index (χ3n) is 3.91. The van der Waals surface area contributed by atoms with Gasteiger partial charge in [-0.05, 0) is 37.7 Å². The zero-order valence-electron chi connectivity index (χ0n) is 11.6. The number of amidine groups is 1.